The molecule has 92 valence electrons. The van der Waals surface area contributed by atoms with Gasteiger partial charge in [0.15, 0.2) is 0 Å². The molecule has 2 aliphatic rings. The zero-order valence-corrected chi connectivity index (χ0v) is 12.2. The molecule has 4 heteroatoms. The van der Waals surface area contributed by atoms with Crippen LogP contribution in [0.25, 0.3) is 6.08 Å². The fourth-order valence-electron chi connectivity index (χ4n) is 2.18. The van der Waals surface area contributed by atoms with E-state index in [1.165, 1.54) is 0 Å². The van der Waals surface area contributed by atoms with Crippen LogP contribution in [0.1, 0.15) is 18.9 Å². The Hall–Kier alpha value is -1.06. The molecule has 3 rings (SSSR count). The van der Waals surface area contributed by atoms with Crippen LogP contribution in [-0.4, -0.2) is 11.9 Å². The molecule has 0 fully saturated rings. The number of hydrogen-bond acceptors (Lipinski definition) is 2. The summed E-state index contributed by atoms with van der Waals surface area (Å²) < 4.78 is 1.01. The van der Waals surface area contributed by atoms with E-state index in [2.05, 4.69) is 46.1 Å². The van der Waals surface area contributed by atoms with Crippen molar-refractivity contribution in [3.8, 4) is 0 Å². The van der Waals surface area contributed by atoms with Crippen LogP contribution in [-0.2, 0) is 0 Å². The quantitative estimate of drug-likeness (QED) is 0.681. The maximum absolute atomic E-state index is 6.09. The van der Waals surface area contributed by atoms with Gasteiger partial charge in [-0.1, -0.05) is 23.7 Å². The Morgan fingerprint density at radius 3 is 3.11 bits per heavy atom. The third kappa shape index (κ3) is 2.02. The van der Waals surface area contributed by atoms with Crippen molar-refractivity contribution in [2.45, 2.75) is 19.4 Å². The van der Waals surface area contributed by atoms with Gasteiger partial charge < -0.3 is 4.90 Å². The molecular weight excluding hydrogens is 312 g/mol. The lowest BCUT2D eigenvalue weighted by Gasteiger charge is -2.27. The molecular formula is C14H12BrClN2. The molecule has 0 saturated heterocycles. The van der Waals surface area contributed by atoms with Gasteiger partial charge in [0.25, 0.3) is 0 Å². The van der Waals surface area contributed by atoms with Gasteiger partial charge in [0.05, 0.1) is 16.2 Å². The second kappa shape index (κ2) is 4.56. The lowest BCUT2D eigenvalue weighted by molar-refractivity contribution is 0.764. The van der Waals surface area contributed by atoms with Crippen LogP contribution in [0.3, 0.4) is 0 Å². The Balaban J connectivity index is 2.21. The van der Waals surface area contributed by atoms with Gasteiger partial charge in [0.1, 0.15) is 5.84 Å². The monoisotopic (exact) mass is 322 g/mol. The first kappa shape index (κ1) is 12.0. The maximum atomic E-state index is 6.09. The Bertz CT molecular complexity index is 589. The summed E-state index contributed by atoms with van der Waals surface area (Å²) in [5, 5.41) is 0.741. The zero-order valence-electron chi connectivity index (χ0n) is 9.90. The van der Waals surface area contributed by atoms with Crippen LogP contribution in [0.4, 0.5) is 5.69 Å². The van der Waals surface area contributed by atoms with Gasteiger partial charge in [0.2, 0.25) is 0 Å². The van der Waals surface area contributed by atoms with Gasteiger partial charge in [-0.3, -0.25) is 4.99 Å². The van der Waals surface area contributed by atoms with Crippen LogP contribution in [0.15, 0.2) is 39.9 Å². The van der Waals surface area contributed by atoms with Crippen LogP contribution in [0.5, 0.6) is 0 Å². The average Bonchev–Trinajstić information content (AvgIpc) is 2.53. The number of halogens is 2. The summed E-state index contributed by atoms with van der Waals surface area (Å²) in [4.78, 5) is 6.82. The van der Waals surface area contributed by atoms with Crippen LogP contribution >= 0.6 is 27.5 Å². The van der Waals surface area contributed by atoms with Gasteiger partial charge >= 0.3 is 0 Å². The molecule has 0 N–H and O–H groups in total. The molecule has 0 aliphatic carbocycles. The first-order chi connectivity index (χ1) is 8.65. The third-order valence-electron chi connectivity index (χ3n) is 3.05. The summed E-state index contributed by atoms with van der Waals surface area (Å²) in [6.07, 6.45) is 7.27. The highest BCUT2D eigenvalue weighted by Crippen LogP contribution is 2.35. The van der Waals surface area contributed by atoms with E-state index in [0.717, 1.165) is 33.0 Å². The van der Waals surface area contributed by atoms with Gasteiger partial charge in [0, 0.05) is 11.2 Å². The highest BCUT2D eigenvalue weighted by molar-refractivity contribution is 9.12. The smallest absolute Gasteiger partial charge is 0.147 e. The van der Waals surface area contributed by atoms with Crippen molar-refractivity contribution < 1.29 is 0 Å². The molecule has 0 bridgehead atoms. The van der Waals surface area contributed by atoms with Crippen molar-refractivity contribution in [1.29, 1.82) is 0 Å². The van der Waals surface area contributed by atoms with E-state index >= 15 is 0 Å². The molecule has 1 unspecified atom stereocenters. The minimum absolute atomic E-state index is 0.294. The first-order valence-corrected chi connectivity index (χ1v) is 7.03. The Kier molecular flexibility index (Phi) is 3.04. The standard InChI is InChI=1S/C14H12BrClN2/c1-9-3-2-6-18-13-8-11(16)5-4-10(13)7-12(15)14(18)17-9/h2,4-9H,3H2,1H3. The average molecular weight is 324 g/mol. The molecule has 1 aromatic carbocycles. The fourth-order valence-corrected chi connectivity index (χ4v) is 2.88. The second-order valence-electron chi connectivity index (χ2n) is 4.49. The van der Waals surface area contributed by atoms with Crippen molar-refractivity contribution >= 4 is 45.1 Å². The molecule has 0 radical (unpaired) electrons. The zero-order chi connectivity index (χ0) is 12.7. The maximum Gasteiger partial charge on any atom is 0.147 e. The molecule has 1 aromatic rings. The molecule has 18 heavy (non-hydrogen) atoms. The van der Waals surface area contributed by atoms with Gasteiger partial charge in [-0.25, -0.2) is 0 Å². The number of anilines is 1. The molecule has 0 spiro atoms. The number of benzene rings is 1. The van der Waals surface area contributed by atoms with Gasteiger partial charge in [-0.2, -0.15) is 0 Å². The van der Waals surface area contributed by atoms with Gasteiger partial charge in [-0.15, -0.1) is 0 Å². The Morgan fingerprint density at radius 2 is 2.28 bits per heavy atom. The highest BCUT2D eigenvalue weighted by atomic mass is 79.9. The summed E-state index contributed by atoms with van der Waals surface area (Å²) in [6, 6.07) is 6.20. The molecule has 0 aromatic heterocycles. The first-order valence-electron chi connectivity index (χ1n) is 5.86. The van der Waals surface area contributed by atoms with E-state index in [1.807, 2.05) is 18.2 Å². The van der Waals surface area contributed by atoms with Crippen LogP contribution < -0.4 is 4.90 Å². The number of hydrogen-bond donors (Lipinski definition) is 0. The Morgan fingerprint density at radius 1 is 1.44 bits per heavy atom. The molecule has 1 atom stereocenters. The summed E-state index contributed by atoms with van der Waals surface area (Å²) in [5.74, 6) is 0.950. The molecule has 0 saturated carbocycles. The van der Waals surface area contributed by atoms with Crippen molar-refractivity contribution in [2.75, 3.05) is 4.90 Å². The topological polar surface area (TPSA) is 15.6 Å². The molecule has 2 heterocycles. The summed E-state index contributed by atoms with van der Waals surface area (Å²) in [6.45, 7) is 2.12. The van der Waals surface area contributed by atoms with Crippen molar-refractivity contribution in [2.24, 2.45) is 4.99 Å². The van der Waals surface area contributed by atoms with Crippen molar-refractivity contribution in [3.63, 3.8) is 0 Å². The van der Waals surface area contributed by atoms with Crippen molar-refractivity contribution in [1.82, 2.24) is 0 Å². The normalized spacial score (nSPS) is 21.7. The van der Waals surface area contributed by atoms with E-state index < -0.39 is 0 Å². The summed E-state index contributed by atoms with van der Waals surface area (Å²) in [5.41, 5.74) is 2.22. The predicted molar refractivity (Wildman–Crippen MR) is 81.5 cm³/mol. The van der Waals surface area contributed by atoms with Crippen LogP contribution in [0.2, 0.25) is 5.02 Å². The minimum atomic E-state index is 0.294. The predicted octanol–water partition coefficient (Wildman–Crippen LogP) is 4.60. The largest absolute Gasteiger partial charge is 0.301 e. The third-order valence-corrected chi connectivity index (χ3v) is 3.87. The van der Waals surface area contributed by atoms with E-state index in [0.29, 0.717) is 6.04 Å². The Labute approximate surface area is 120 Å². The number of rotatable bonds is 0. The summed E-state index contributed by atoms with van der Waals surface area (Å²) >= 11 is 9.69. The number of fused-ring (bicyclic) bond motifs is 3. The molecule has 0 amide bonds. The molecule has 2 nitrogen and oxygen atoms in total. The van der Waals surface area contributed by atoms with E-state index in [9.17, 15) is 0 Å². The van der Waals surface area contributed by atoms with E-state index in [1.54, 1.807) is 0 Å². The lowest BCUT2D eigenvalue weighted by Crippen LogP contribution is -2.28. The number of nitrogens with zero attached hydrogens (tertiary/aromatic N) is 2. The van der Waals surface area contributed by atoms with E-state index in [-0.39, 0.29) is 0 Å². The minimum Gasteiger partial charge on any atom is -0.301 e. The fraction of sp³-hybridized carbons (Fsp3) is 0.214. The van der Waals surface area contributed by atoms with E-state index in [4.69, 9.17) is 16.6 Å². The second-order valence-corrected chi connectivity index (χ2v) is 5.78. The summed E-state index contributed by atoms with van der Waals surface area (Å²) in [7, 11) is 0. The molecule has 2 aliphatic heterocycles. The number of amidine groups is 1. The lowest BCUT2D eigenvalue weighted by atomic mass is 10.1. The van der Waals surface area contributed by atoms with Crippen LogP contribution in [0, 0.1) is 0 Å². The highest BCUT2D eigenvalue weighted by Gasteiger charge is 2.24. The van der Waals surface area contributed by atoms with Crippen molar-refractivity contribution in [3.05, 3.63) is 45.5 Å². The number of aliphatic imine (C=N–C) groups is 1. The van der Waals surface area contributed by atoms with Gasteiger partial charge in [-0.05, 0) is 53.0 Å². The SMILES string of the molecule is CC1CC=CN2C(=N1)C(Br)=Cc1ccc(Cl)cc12.